The maximum absolute atomic E-state index is 7.32. The highest BCUT2D eigenvalue weighted by atomic mass is 16.4. The first-order valence-electron chi connectivity index (χ1n) is 8.34. The first-order valence-corrected chi connectivity index (χ1v) is 8.34. The number of aromatic nitrogens is 3. The molecule has 0 spiro atoms. The zero-order valence-corrected chi connectivity index (χ0v) is 15.2. The Labute approximate surface area is 148 Å². The third kappa shape index (κ3) is 3.34. The minimum Gasteiger partial charge on any atom is -0.414 e. The van der Waals surface area contributed by atoms with Crippen LogP contribution in [0.2, 0.25) is 0 Å². The van der Waals surface area contributed by atoms with Gasteiger partial charge in [-0.3, -0.25) is 0 Å². The Bertz CT molecular complexity index is 935. The number of oxazole rings is 1. The summed E-state index contributed by atoms with van der Waals surface area (Å²) in [6.45, 7) is 17.8. The van der Waals surface area contributed by atoms with Crippen LogP contribution in [-0.2, 0) is 5.41 Å². The van der Waals surface area contributed by atoms with Crippen LogP contribution in [0.25, 0.3) is 22.0 Å². The van der Waals surface area contributed by atoms with Crippen LogP contribution < -0.4 is 0 Å². The van der Waals surface area contributed by atoms with E-state index in [0.717, 1.165) is 11.3 Å². The lowest BCUT2D eigenvalue weighted by Gasteiger charge is -2.19. The lowest BCUT2D eigenvalue weighted by atomic mass is 9.86. The van der Waals surface area contributed by atoms with Crippen LogP contribution >= 0.6 is 0 Å². The minimum atomic E-state index is 0.0763. The Hall–Kier alpha value is -2.87. The van der Waals surface area contributed by atoms with Crippen molar-refractivity contribution < 1.29 is 4.42 Å². The van der Waals surface area contributed by atoms with Gasteiger partial charge in [-0.05, 0) is 23.1 Å². The van der Waals surface area contributed by atoms with Crippen LogP contribution in [0.4, 0.5) is 5.82 Å². The van der Waals surface area contributed by atoms with Crippen LogP contribution in [0.5, 0.6) is 0 Å². The molecule has 0 amide bonds. The maximum atomic E-state index is 7.32. The lowest BCUT2D eigenvalue weighted by Crippen LogP contribution is -2.10. The highest BCUT2D eigenvalue weighted by Crippen LogP contribution is 2.30. The predicted molar refractivity (Wildman–Crippen MR) is 98.1 cm³/mol. The molecule has 3 rings (SSSR count). The molecule has 3 aromatic rings. The van der Waals surface area contributed by atoms with Gasteiger partial charge in [0.2, 0.25) is 5.88 Å². The first-order chi connectivity index (χ1) is 11.8. The fraction of sp³-hybridized carbons (Fsp3) is 0.350. The van der Waals surface area contributed by atoms with Gasteiger partial charge < -0.3 is 9.26 Å². The van der Waals surface area contributed by atoms with Crippen LogP contribution in [-0.4, -0.2) is 14.8 Å². The summed E-state index contributed by atoms with van der Waals surface area (Å²) in [5.74, 6) is 1.28. The van der Waals surface area contributed by atoms with E-state index in [9.17, 15) is 0 Å². The predicted octanol–water partition coefficient (Wildman–Crippen LogP) is 5.50. The molecular formula is C20H22N4O. The van der Waals surface area contributed by atoms with E-state index in [1.54, 1.807) is 10.9 Å². The molecule has 1 aromatic carbocycles. The molecule has 2 aromatic heterocycles. The van der Waals surface area contributed by atoms with E-state index in [-0.39, 0.29) is 17.2 Å². The molecule has 0 saturated heterocycles. The standard InChI is InChI=1S/C20H22N4O/c1-13(2)18-22-17(21-6)19(25-18)24-11-10-16(23-24)14-8-7-9-15(12-14)20(3,4)5/h7-13H,1-5H3. The zero-order valence-electron chi connectivity index (χ0n) is 15.2. The molecule has 0 atom stereocenters. The fourth-order valence-corrected chi connectivity index (χ4v) is 2.52. The van der Waals surface area contributed by atoms with Gasteiger partial charge in [0.1, 0.15) is 0 Å². The lowest BCUT2D eigenvalue weighted by molar-refractivity contribution is 0.448. The molecule has 0 bridgehead atoms. The average molecular weight is 334 g/mol. The number of nitrogens with zero attached hydrogens (tertiary/aromatic N) is 4. The number of rotatable bonds is 3. The van der Waals surface area contributed by atoms with Gasteiger partial charge in [-0.25, -0.2) is 4.68 Å². The second kappa shape index (κ2) is 6.21. The van der Waals surface area contributed by atoms with E-state index >= 15 is 0 Å². The Balaban J connectivity index is 2.01. The summed E-state index contributed by atoms with van der Waals surface area (Å²) < 4.78 is 7.34. The van der Waals surface area contributed by atoms with Crippen molar-refractivity contribution >= 4 is 5.82 Å². The molecule has 2 heterocycles. The molecule has 25 heavy (non-hydrogen) atoms. The van der Waals surface area contributed by atoms with Gasteiger partial charge in [-0.15, -0.1) is 0 Å². The monoisotopic (exact) mass is 334 g/mol. The Morgan fingerprint density at radius 2 is 1.96 bits per heavy atom. The molecule has 0 unspecified atom stereocenters. The molecule has 0 fully saturated rings. The normalized spacial score (nSPS) is 11.7. The molecule has 0 radical (unpaired) electrons. The SMILES string of the molecule is [C-]#[N+]c1nc(C(C)C)oc1-n1ccc(-c2cccc(C(C)(C)C)c2)n1. The summed E-state index contributed by atoms with van der Waals surface area (Å²) in [4.78, 5) is 7.71. The summed E-state index contributed by atoms with van der Waals surface area (Å²) in [5.41, 5.74) is 3.21. The van der Waals surface area contributed by atoms with Gasteiger partial charge in [0, 0.05) is 11.8 Å². The number of hydrogen-bond acceptors (Lipinski definition) is 3. The molecule has 0 saturated carbocycles. The third-order valence-corrected chi connectivity index (χ3v) is 4.03. The van der Waals surface area contributed by atoms with Crippen LogP contribution in [0.3, 0.4) is 0 Å². The zero-order chi connectivity index (χ0) is 18.2. The van der Waals surface area contributed by atoms with Gasteiger partial charge >= 0.3 is 5.82 Å². The summed E-state index contributed by atoms with van der Waals surface area (Å²) in [6.07, 6.45) is 1.80. The van der Waals surface area contributed by atoms with E-state index < -0.39 is 0 Å². The van der Waals surface area contributed by atoms with Gasteiger partial charge in [-0.1, -0.05) is 64.4 Å². The van der Waals surface area contributed by atoms with Crippen molar-refractivity contribution in [3.05, 3.63) is 59.4 Å². The molecule has 0 aliphatic heterocycles. The smallest absolute Gasteiger partial charge is 0.335 e. The van der Waals surface area contributed by atoms with Crippen LogP contribution in [0.15, 0.2) is 40.9 Å². The van der Waals surface area contributed by atoms with Gasteiger partial charge in [0.25, 0.3) is 5.89 Å². The van der Waals surface area contributed by atoms with Crippen molar-refractivity contribution in [2.75, 3.05) is 0 Å². The minimum absolute atomic E-state index is 0.0763. The maximum Gasteiger partial charge on any atom is 0.335 e. The summed E-state index contributed by atoms with van der Waals surface area (Å²) >= 11 is 0. The molecule has 5 heteroatoms. The van der Waals surface area contributed by atoms with E-state index in [1.807, 2.05) is 32.0 Å². The van der Waals surface area contributed by atoms with Crippen molar-refractivity contribution in [1.29, 1.82) is 0 Å². The number of hydrogen-bond donors (Lipinski definition) is 0. The Morgan fingerprint density at radius 3 is 2.60 bits per heavy atom. The second-order valence-corrected chi connectivity index (χ2v) is 7.42. The van der Waals surface area contributed by atoms with Gasteiger partial charge in [0.05, 0.1) is 11.6 Å². The van der Waals surface area contributed by atoms with Gasteiger partial charge in [0.15, 0.2) is 0 Å². The first kappa shape index (κ1) is 17.0. The van der Waals surface area contributed by atoms with E-state index in [0.29, 0.717) is 11.8 Å². The number of benzene rings is 1. The second-order valence-electron chi connectivity index (χ2n) is 7.42. The fourth-order valence-electron chi connectivity index (χ4n) is 2.52. The van der Waals surface area contributed by atoms with E-state index in [1.165, 1.54) is 5.56 Å². The molecule has 5 nitrogen and oxygen atoms in total. The summed E-state index contributed by atoms with van der Waals surface area (Å²) in [7, 11) is 0. The third-order valence-electron chi connectivity index (χ3n) is 4.03. The Morgan fingerprint density at radius 1 is 1.20 bits per heavy atom. The highest BCUT2D eigenvalue weighted by Gasteiger charge is 2.21. The summed E-state index contributed by atoms with van der Waals surface area (Å²) in [5, 5.41) is 4.59. The van der Waals surface area contributed by atoms with Crippen molar-refractivity contribution in [2.45, 2.75) is 46.0 Å². The Kier molecular flexibility index (Phi) is 4.22. The average Bonchev–Trinajstić information content (AvgIpc) is 3.20. The van der Waals surface area contributed by atoms with Crippen molar-refractivity contribution in [3.8, 4) is 17.1 Å². The highest BCUT2D eigenvalue weighted by molar-refractivity contribution is 5.61. The van der Waals surface area contributed by atoms with Crippen molar-refractivity contribution in [3.63, 3.8) is 0 Å². The van der Waals surface area contributed by atoms with Crippen molar-refractivity contribution in [2.24, 2.45) is 0 Å². The van der Waals surface area contributed by atoms with Gasteiger partial charge in [-0.2, -0.15) is 5.10 Å². The van der Waals surface area contributed by atoms with E-state index in [4.69, 9.17) is 11.0 Å². The molecular weight excluding hydrogens is 312 g/mol. The quantitative estimate of drug-likeness (QED) is 0.594. The molecule has 128 valence electrons. The van der Waals surface area contributed by atoms with E-state index in [2.05, 4.69) is 47.8 Å². The molecule has 0 aliphatic carbocycles. The largest absolute Gasteiger partial charge is 0.414 e. The molecule has 0 N–H and O–H groups in total. The molecule has 0 aliphatic rings. The topological polar surface area (TPSA) is 48.2 Å². The summed E-state index contributed by atoms with van der Waals surface area (Å²) in [6, 6.07) is 10.3. The van der Waals surface area contributed by atoms with Crippen LogP contribution in [0, 0.1) is 6.57 Å². The van der Waals surface area contributed by atoms with Crippen LogP contribution in [0.1, 0.15) is 52.0 Å². The van der Waals surface area contributed by atoms with Crippen molar-refractivity contribution in [1.82, 2.24) is 14.8 Å².